The lowest BCUT2D eigenvalue weighted by Gasteiger charge is -2.45. The zero-order valence-corrected chi connectivity index (χ0v) is 22.7. The van der Waals surface area contributed by atoms with Crippen molar-refractivity contribution in [3.05, 3.63) is 125 Å². The van der Waals surface area contributed by atoms with Crippen LogP contribution in [-0.2, 0) is 19.1 Å². The number of carbonyl (C=O) groups is 4. The molecule has 4 aromatic rings. The summed E-state index contributed by atoms with van der Waals surface area (Å²) < 4.78 is 10.5. The maximum absolute atomic E-state index is 14.0. The summed E-state index contributed by atoms with van der Waals surface area (Å²) in [6.07, 6.45) is 0. The van der Waals surface area contributed by atoms with E-state index in [4.69, 9.17) is 9.47 Å². The van der Waals surface area contributed by atoms with E-state index in [0.29, 0.717) is 17.1 Å². The van der Waals surface area contributed by atoms with Crippen LogP contribution in [0.1, 0.15) is 44.4 Å². The van der Waals surface area contributed by atoms with Crippen LogP contribution >= 0.6 is 0 Å². The largest absolute Gasteiger partial charge is 0.495 e. The van der Waals surface area contributed by atoms with Gasteiger partial charge in [-0.05, 0) is 52.6 Å². The first kappa shape index (κ1) is 25.7. The predicted octanol–water partition coefficient (Wildman–Crippen LogP) is 4.89. The van der Waals surface area contributed by atoms with E-state index in [1.54, 1.807) is 36.4 Å². The summed E-state index contributed by atoms with van der Waals surface area (Å²) in [6.45, 7) is -0.521. The minimum atomic E-state index is -0.747. The number of carbonyl (C=O) groups excluding carboxylic acids is 4. The van der Waals surface area contributed by atoms with Crippen LogP contribution in [0.5, 0.6) is 5.75 Å². The first-order valence-corrected chi connectivity index (χ1v) is 13.7. The number of anilines is 2. The molecule has 3 amide bonds. The summed E-state index contributed by atoms with van der Waals surface area (Å²) in [4.78, 5) is 54.6. The number of nitrogens with one attached hydrogen (secondary N) is 1. The Morgan fingerprint density at radius 2 is 1.29 bits per heavy atom. The highest BCUT2D eigenvalue weighted by atomic mass is 16.5. The molecule has 0 radical (unpaired) electrons. The Labute approximate surface area is 241 Å². The Hall–Kier alpha value is -5.24. The van der Waals surface area contributed by atoms with Gasteiger partial charge in [-0.25, -0.2) is 9.69 Å². The molecule has 8 heteroatoms. The second kappa shape index (κ2) is 9.99. The van der Waals surface area contributed by atoms with Gasteiger partial charge in [0.1, 0.15) is 5.75 Å². The summed E-state index contributed by atoms with van der Waals surface area (Å²) >= 11 is 0. The number of ether oxygens (including phenoxy) is 2. The van der Waals surface area contributed by atoms with Gasteiger partial charge < -0.3 is 14.8 Å². The van der Waals surface area contributed by atoms with Gasteiger partial charge in [0.05, 0.1) is 35.9 Å². The van der Waals surface area contributed by atoms with Crippen LogP contribution in [0.3, 0.4) is 0 Å². The van der Waals surface area contributed by atoms with E-state index < -0.39 is 30.3 Å². The maximum atomic E-state index is 14.0. The topological polar surface area (TPSA) is 102 Å². The fourth-order valence-electron chi connectivity index (χ4n) is 6.85. The highest BCUT2D eigenvalue weighted by molar-refractivity contribution is 6.23. The number of rotatable bonds is 6. The normalized spacial score (nSPS) is 21.3. The third-order valence-electron chi connectivity index (χ3n) is 8.50. The average Bonchev–Trinajstić information content (AvgIpc) is 3.30. The average molecular weight is 559 g/mol. The SMILES string of the molecule is COc1ccccc1NC(=O)COC(=O)c1cccc(N2C(=O)[C@H]3C4c5ccccc5C(c5ccccc54)[C@@H]3C2=O)c1. The van der Waals surface area contributed by atoms with E-state index in [0.717, 1.165) is 22.3 Å². The molecule has 0 unspecified atom stereocenters. The summed E-state index contributed by atoms with van der Waals surface area (Å²) in [6, 6.07) is 29.2. The van der Waals surface area contributed by atoms with Crippen LogP contribution in [0.25, 0.3) is 0 Å². The lowest BCUT2D eigenvalue weighted by Crippen LogP contribution is -2.41. The molecule has 3 aliphatic carbocycles. The van der Waals surface area contributed by atoms with Crippen molar-refractivity contribution < 1.29 is 28.7 Å². The molecular weight excluding hydrogens is 532 g/mol. The van der Waals surface area contributed by atoms with Crippen molar-refractivity contribution in [2.45, 2.75) is 11.8 Å². The second-order valence-corrected chi connectivity index (χ2v) is 10.7. The van der Waals surface area contributed by atoms with Gasteiger partial charge in [0.15, 0.2) is 6.61 Å². The molecule has 8 nitrogen and oxygen atoms in total. The second-order valence-electron chi connectivity index (χ2n) is 10.7. The van der Waals surface area contributed by atoms with Crippen LogP contribution in [0.15, 0.2) is 97.1 Å². The summed E-state index contributed by atoms with van der Waals surface area (Å²) in [5.74, 6) is -2.84. The van der Waals surface area contributed by atoms with E-state index in [1.165, 1.54) is 24.1 Å². The molecule has 4 aromatic carbocycles. The summed E-state index contributed by atoms with van der Waals surface area (Å²) in [5.41, 5.74) is 5.25. The number of hydrogen-bond donors (Lipinski definition) is 1. The minimum absolute atomic E-state index is 0.127. The van der Waals surface area contributed by atoms with Gasteiger partial charge in [-0.3, -0.25) is 14.4 Å². The molecular formula is C34H26N2O6. The predicted molar refractivity (Wildman–Crippen MR) is 154 cm³/mol. The molecule has 0 aromatic heterocycles. The van der Waals surface area contributed by atoms with Crippen molar-refractivity contribution in [1.82, 2.24) is 0 Å². The molecule has 8 rings (SSSR count). The maximum Gasteiger partial charge on any atom is 0.338 e. The molecule has 42 heavy (non-hydrogen) atoms. The first-order valence-electron chi connectivity index (χ1n) is 13.7. The van der Waals surface area contributed by atoms with E-state index in [-0.39, 0.29) is 29.2 Å². The monoisotopic (exact) mass is 558 g/mol. The Bertz CT molecular complexity index is 1670. The van der Waals surface area contributed by atoms with Crippen molar-refractivity contribution >= 4 is 35.1 Å². The van der Waals surface area contributed by atoms with Gasteiger partial charge in [0.2, 0.25) is 11.8 Å². The van der Waals surface area contributed by atoms with Crippen molar-refractivity contribution in [3.8, 4) is 5.75 Å². The molecule has 0 spiro atoms. The molecule has 1 heterocycles. The molecule has 4 aliphatic rings. The van der Waals surface area contributed by atoms with Crippen LogP contribution in [0.2, 0.25) is 0 Å². The van der Waals surface area contributed by atoms with E-state index in [1.807, 2.05) is 24.3 Å². The lowest BCUT2D eigenvalue weighted by atomic mass is 9.55. The molecule has 1 fully saturated rings. The number of nitrogens with zero attached hydrogens (tertiary/aromatic N) is 1. The molecule has 2 atom stereocenters. The van der Waals surface area contributed by atoms with E-state index >= 15 is 0 Å². The van der Waals surface area contributed by atoms with Gasteiger partial charge in [-0.1, -0.05) is 66.7 Å². The number of imide groups is 1. The number of methoxy groups -OCH3 is 1. The molecule has 2 bridgehead atoms. The summed E-state index contributed by atoms with van der Waals surface area (Å²) in [5, 5.41) is 2.66. The molecule has 1 aliphatic heterocycles. The van der Waals surface area contributed by atoms with Crippen LogP contribution in [0, 0.1) is 11.8 Å². The minimum Gasteiger partial charge on any atom is -0.495 e. The Morgan fingerprint density at radius 1 is 0.738 bits per heavy atom. The number of hydrogen-bond acceptors (Lipinski definition) is 6. The fourth-order valence-corrected chi connectivity index (χ4v) is 6.85. The van der Waals surface area contributed by atoms with Crippen LogP contribution < -0.4 is 15.0 Å². The highest BCUT2D eigenvalue weighted by Gasteiger charge is 2.61. The number of benzene rings is 4. The van der Waals surface area contributed by atoms with E-state index in [2.05, 4.69) is 29.6 Å². The zero-order valence-electron chi connectivity index (χ0n) is 22.7. The standard InChI is InChI=1S/C34H26N2O6/c1-41-26-16-7-6-15-25(26)35-27(37)18-42-34(40)19-9-8-10-20(17-19)36-32(38)30-28-21-11-2-3-12-22(21)29(31(30)33(36)39)24-14-5-4-13-23(24)28/h2-17,28-31H,18H2,1H3,(H,35,37)/t28?,29?,30-,31-/m0/s1. The Balaban J connectivity index is 1.13. The number of para-hydroxylation sites is 2. The third-order valence-corrected chi connectivity index (χ3v) is 8.50. The van der Waals surface area contributed by atoms with Crippen LogP contribution in [-0.4, -0.2) is 37.4 Å². The quantitative estimate of drug-likeness (QED) is 0.267. The van der Waals surface area contributed by atoms with Crippen molar-refractivity contribution in [2.75, 3.05) is 23.9 Å². The van der Waals surface area contributed by atoms with Gasteiger partial charge in [0, 0.05) is 11.8 Å². The van der Waals surface area contributed by atoms with Crippen molar-refractivity contribution in [1.29, 1.82) is 0 Å². The van der Waals surface area contributed by atoms with Gasteiger partial charge in [0.25, 0.3) is 5.91 Å². The Kier molecular flexibility index (Phi) is 6.12. The smallest absolute Gasteiger partial charge is 0.338 e. The Morgan fingerprint density at radius 3 is 1.86 bits per heavy atom. The van der Waals surface area contributed by atoms with Crippen molar-refractivity contribution in [3.63, 3.8) is 0 Å². The zero-order chi connectivity index (χ0) is 29.0. The fraction of sp³-hybridized carbons (Fsp3) is 0.176. The molecule has 1 N–H and O–H groups in total. The highest BCUT2D eigenvalue weighted by Crippen LogP contribution is 2.61. The molecule has 208 valence electrons. The molecule has 0 saturated carbocycles. The van der Waals surface area contributed by atoms with Gasteiger partial charge in [-0.2, -0.15) is 0 Å². The number of amides is 3. The van der Waals surface area contributed by atoms with Crippen molar-refractivity contribution in [2.24, 2.45) is 11.8 Å². The van der Waals surface area contributed by atoms with Crippen LogP contribution in [0.4, 0.5) is 11.4 Å². The third kappa shape index (κ3) is 3.90. The van der Waals surface area contributed by atoms with Gasteiger partial charge in [-0.15, -0.1) is 0 Å². The van der Waals surface area contributed by atoms with Gasteiger partial charge >= 0.3 is 5.97 Å². The lowest BCUT2D eigenvalue weighted by molar-refractivity contribution is -0.122. The first-order chi connectivity index (χ1) is 20.5. The number of esters is 1. The molecule has 1 saturated heterocycles. The van der Waals surface area contributed by atoms with E-state index in [9.17, 15) is 19.2 Å². The summed E-state index contributed by atoms with van der Waals surface area (Å²) in [7, 11) is 1.49.